The third-order valence-electron chi connectivity index (χ3n) is 13.6. The first kappa shape index (κ1) is 52.9. The van der Waals surface area contributed by atoms with Gasteiger partial charge in [-0.3, -0.25) is 0 Å². The quantitative estimate of drug-likeness (QED) is 0.0851. The number of hydrogen-bond donors (Lipinski definition) is 4. The van der Waals surface area contributed by atoms with Crippen molar-refractivity contribution in [1.82, 2.24) is 0 Å². The molecule has 0 saturated carbocycles. The summed E-state index contributed by atoms with van der Waals surface area (Å²) in [7, 11) is 2.68. The van der Waals surface area contributed by atoms with E-state index in [9.17, 15) is 19.8 Å². The van der Waals surface area contributed by atoms with Crippen LogP contribution in [0.15, 0.2) is 84.9 Å². The minimum Gasteiger partial charge on any atom is -0.507 e. The van der Waals surface area contributed by atoms with Gasteiger partial charge in [0.1, 0.15) is 36.2 Å². The number of nitrogen functional groups attached to an aromatic ring is 2. The second kappa shape index (κ2) is 19.9. The summed E-state index contributed by atoms with van der Waals surface area (Å²) in [6, 6.07) is 27.3. The van der Waals surface area contributed by atoms with Gasteiger partial charge in [0.2, 0.25) is 0 Å². The van der Waals surface area contributed by atoms with Gasteiger partial charge in [-0.1, -0.05) is 132 Å². The molecule has 10 heteroatoms. The number of fused-ring (bicyclic) bond motifs is 8. The van der Waals surface area contributed by atoms with Crippen LogP contribution in [0.1, 0.15) is 182 Å². The number of rotatable bonds is 8. The molecular formula is C62H74N2O8. The van der Waals surface area contributed by atoms with Gasteiger partial charge in [0.15, 0.2) is 0 Å². The van der Waals surface area contributed by atoms with Crippen LogP contribution in [0.5, 0.6) is 23.0 Å². The predicted molar refractivity (Wildman–Crippen MR) is 288 cm³/mol. The van der Waals surface area contributed by atoms with E-state index in [1.807, 2.05) is 0 Å². The van der Waals surface area contributed by atoms with Crippen molar-refractivity contribution in [1.29, 1.82) is 0 Å². The summed E-state index contributed by atoms with van der Waals surface area (Å²) in [5.41, 5.74) is 24.9. The van der Waals surface area contributed by atoms with Crippen LogP contribution in [-0.2, 0) is 70.0 Å². The van der Waals surface area contributed by atoms with Crippen LogP contribution in [0.25, 0.3) is 0 Å². The summed E-state index contributed by atoms with van der Waals surface area (Å²) in [5.74, 6) is 0.581. The Bertz CT molecular complexity index is 2760. The van der Waals surface area contributed by atoms with E-state index in [-0.39, 0.29) is 46.4 Å². The van der Waals surface area contributed by atoms with Gasteiger partial charge in [-0.05, 0) is 136 Å². The Hall–Kier alpha value is -6.94. The van der Waals surface area contributed by atoms with Crippen molar-refractivity contribution < 1.29 is 38.7 Å². The van der Waals surface area contributed by atoms with E-state index >= 15 is 0 Å². The number of nitrogens with two attached hydrogens (primary N) is 2. The summed E-state index contributed by atoms with van der Waals surface area (Å²) in [4.78, 5) is 25.4. The zero-order valence-corrected chi connectivity index (χ0v) is 44.8. The third-order valence-corrected chi connectivity index (χ3v) is 13.6. The lowest BCUT2D eigenvalue weighted by molar-refractivity contribution is 0.0591. The number of phenols is 2. The molecule has 6 N–H and O–H groups in total. The van der Waals surface area contributed by atoms with Crippen LogP contribution in [0, 0.1) is 0 Å². The fourth-order valence-corrected chi connectivity index (χ4v) is 9.40. The molecular weight excluding hydrogens is 901 g/mol. The van der Waals surface area contributed by atoms with Gasteiger partial charge in [0, 0.05) is 37.1 Å². The lowest BCUT2D eigenvalue weighted by Crippen LogP contribution is -2.17. The van der Waals surface area contributed by atoms with Gasteiger partial charge in [-0.2, -0.15) is 0 Å². The zero-order chi connectivity index (χ0) is 52.8. The van der Waals surface area contributed by atoms with Gasteiger partial charge in [-0.25, -0.2) is 9.59 Å². The first-order chi connectivity index (χ1) is 33.5. The maximum absolute atomic E-state index is 12.8. The Labute approximate surface area is 426 Å². The number of carbonyl (C=O) groups is 2. The van der Waals surface area contributed by atoms with Crippen molar-refractivity contribution in [2.75, 3.05) is 25.7 Å². The van der Waals surface area contributed by atoms with E-state index in [4.69, 9.17) is 30.4 Å². The molecule has 8 bridgehead atoms. The van der Waals surface area contributed by atoms with Gasteiger partial charge >= 0.3 is 11.9 Å². The molecule has 7 rings (SSSR count). The fraction of sp³-hybridized carbons (Fsp3) is 0.387. The molecule has 1 aliphatic rings. The topological polar surface area (TPSA) is 164 Å². The molecule has 0 atom stereocenters. The minimum atomic E-state index is -0.502. The Kier molecular flexibility index (Phi) is 14.6. The van der Waals surface area contributed by atoms with E-state index < -0.39 is 11.9 Å². The van der Waals surface area contributed by atoms with Crippen molar-refractivity contribution in [3.05, 3.63) is 174 Å². The summed E-state index contributed by atoms with van der Waals surface area (Å²) >= 11 is 0. The van der Waals surface area contributed by atoms with Gasteiger partial charge in [-0.15, -0.1) is 0 Å². The van der Waals surface area contributed by atoms with Crippen LogP contribution < -0.4 is 20.9 Å². The average Bonchev–Trinajstić information content (AvgIpc) is 3.28. The zero-order valence-electron chi connectivity index (χ0n) is 44.8. The van der Waals surface area contributed by atoms with E-state index in [1.54, 1.807) is 36.4 Å². The molecule has 0 aliphatic heterocycles. The second-order valence-electron chi connectivity index (χ2n) is 23.7. The highest BCUT2D eigenvalue weighted by Crippen LogP contribution is 2.44. The average molecular weight is 975 g/mol. The molecule has 0 unspecified atom stereocenters. The highest BCUT2D eigenvalue weighted by Gasteiger charge is 2.29. The minimum absolute atomic E-state index is 0.0789. The molecule has 10 nitrogen and oxygen atoms in total. The van der Waals surface area contributed by atoms with Gasteiger partial charge < -0.3 is 40.6 Å². The van der Waals surface area contributed by atoms with Crippen LogP contribution in [0.3, 0.4) is 0 Å². The normalized spacial score (nSPS) is 13.1. The lowest BCUT2D eigenvalue weighted by atomic mass is 9.79. The molecule has 0 heterocycles. The largest absolute Gasteiger partial charge is 0.507 e. The molecule has 0 radical (unpaired) electrons. The van der Waals surface area contributed by atoms with E-state index in [0.717, 1.165) is 66.8 Å². The molecule has 0 amide bonds. The Morgan fingerprint density at radius 3 is 0.903 bits per heavy atom. The Morgan fingerprint density at radius 1 is 0.417 bits per heavy atom. The number of phenolic OH excluding ortho intramolecular Hbond substituents is 2. The molecule has 0 spiro atoms. The first-order valence-electron chi connectivity index (χ1n) is 24.8. The predicted octanol–water partition coefficient (Wildman–Crippen LogP) is 12.9. The first-order valence-corrected chi connectivity index (χ1v) is 24.8. The highest BCUT2D eigenvalue weighted by molar-refractivity contribution is 5.91. The number of carbonyl (C=O) groups excluding carboxylic acids is 2. The maximum Gasteiger partial charge on any atom is 0.337 e. The van der Waals surface area contributed by atoms with Crippen molar-refractivity contribution in [2.24, 2.45) is 0 Å². The molecule has 6 aromatic carbocycles. The number of methoxy groups -OCH3 is 2. The number of ether oxygens (including phenoxy) is 4. The smallest absolute Gasteiger partial charge is 0.337 e. The van der Waals surface area contributed by atoms with Gasteiger partial charge in [0.05, 0.1) is 25.3 Å². The van der Waals surface area contributed by atoms with Crippen molar-refractivity contribution >= 4 is 23.3 Å². The fourth-order valence-electron chi connectivity index (χ4n) is 9.40. The standard InChI is InChI=1S/C62H74N2O8/c1-59(2,3)47-23-37-19-41-27-49(61(7,8)9)29-43(55(41)71-33-35-15-45(57(67)69-13)31-51(63)17-35)21-39-25-48(60(4,5)6)26-40(54(39)66)22-44-30-50(62(10,11)12)28-42(20-38(24-47)53(37)65)56(44)72-34-36-16-46(58(68)70-14)32-52(64)18-36/h15-18,23-32,65-66H,19-22,33-34,63-64H2,1-14H3. The van der Waals surface area contributed by atoms with Crippen molar-refractivity contribution in [3.63, 3.8) is 0 Å². The van der Waals surface area contributed by atoms with Gasteiger partial charge in [0.25, 0.3) is 0 Å². The monoisotopic (exact) mass is 975 g/mol. The van der Waals surface area contributed by atoms with E-state index in [1.165, 1.54) is 14.2 Å². The summed E-state index contributed by atoms with van der Waals surface area (Å²) in [6.07, 6.45) is 1.25. The number of hydrogen-bond acceptors (Lipinski definition) is 10. The molecule has 0 saturated heterocycles. The van der Waals surface area contributed by atoms with Crippen LogP contribution in [0.4, 0.5) is 11.4 Å². The molecule has 0 fully saturated rings. The molecule has 1 aliphatic carbocycles. The number of anilines is 2. The number of aromatic hydroxyl groups is 2. The SMILES string of the molecule is COC(=O)c1cc(N)cc(COc2c3cc(C(C)(C)C)cc2Cc2cc(C(C)(C)C)cc(c2O)Cc2cc(C(C)(C)C)cc(c2OCc2cc(N)cc(C(=O)OC)c2)Cc2cc(C(C)(C)C)cc(c2O)C3)c1. The molecule has 380 valence electrons. The van der Waals surface area contributed by atoms with Crippen LogP contribution in [-0.4, -0.2) is 36.4 Å². The van der Waals surface area contributed by atoms with Crippen molar-refractivity contribution in [2.45, 2.75) is 144 Å². The maximum atomic E-state index is 12.8. The lowest BCUT2D eigenvalue weighted by Gasteiger charge is -2.28. The Morgan fingerprint density at radius 2 is 0.667 bits per heavy atom. The third kappa shape index (κ3) is 11.9. The van der Waals surface area contributed by atoms with E-state index in [2.05, 4.69) is 132 Å². The van der Waals surface area contributed by atoms with E-state index in [0.29, 0.717) is 70.8 Å². The van der Waals surface area contributed by atoms with Crippen molar-refractivity contribution in [3.8, 4) is 23.0 Å². The number of esters is 2. The summed E-state index contributed by atoms with van der Waals surface area (Å²) in [5, 5.41) is 25.5. The molecule has 0 aromatic heterocycles. The van der Waals surface area contributed by atoms with Crippen LogP contribution in [0.2, 0.25) is 0 Å². The highest BCUT2D eigenvalue weighted by atomic mass is 16.5. The number of benzene rings is 6. The molecule has 72 heavy (non-hydrogen) atoms. The molecule has 6 aromatic rings. The van der Waals surface area contributed by atoms with Crippen LogP contribution >= 0.6 is 0 Å². The Balaban J connectivity index is 1.53. The second-order valence-corrected chi connectivity index (χ2v) is 23.7. The summed E-state index contributed by atoms with van der Waals surface area (Å²) < 4.78 is 24.1. The summed E-state index contributed by atoms with van der Waals surface area (Å²) in [6.45, 7) is 26.3.